The average molecular weight is 224 g/mol. The summed E-state index contributed by atoms with van der Waals surface area (Å²) in [6.45, 7) is 1.46. The summed E-state index contributed by atoms with van der Waals surface area (Å²) in [6, 6.07) is 9.56. The highest BCUT2D eigenvalue weighted by Crippen LogP contribution is 2.21. The molecule has 0 bridgehead atoms. The zero-order valence-electron chi connectivity index (χ0n) is 8.22. The van der Waals surface area contributed by atoms with Crippen LogP contribution in [0.4, 0.5) is 0 Å². The van der Waals surface area contributed by atoms with E-state index in [2.05, 4.69) is 0 Å². The van der Waals surface area contributed by atoms with Gasteiger partial charge in [0.15, 0.2) is 0 Å². The van der Waals surface area contributed by atoms with Crippen LogP contribution in [0.25, 0.3) is 0 Å². The minimum atomic E-state index is -0.413. The molecule has 1 aromatic rings. The van der Waals surface area contributed by atoms with E-state index in [-0.39, 0.29) is 5.12 Å². The monoisotopic (exact) mass is 224 g/mol. The van der Waals surface area contributed by atoms with E-state index in [4.69, 9.17) is 9.47 Å². The fourth-order valence-electron chi connectivity index (χ4n) is 1.29. The van der Waals surface area contributed by atoms with E-state index in [1.807, 2.05) is 30.3 Å². The average Bonchev–Trinajstić information content (AvgIpc) is 2.31. The van der Waals surface area contributed by atoms with Crippen LogP contribution in [0.15, 0.2) is 35.2 Å². The summed E-state index contributed by atoms with van der Waals surface area (Å²) in [6.07, 6.45) is -0.413. The third kappa shape index (κ3) is 3.06. The van der Waals surface area contributed by atoms with Crippen LogP contribution in [0.5, 0.6) is 0 Å². The highest BCUT2D eigenvalue weighted by Gasteiger charge is 2.23. The number of hydrogen-bond donors (Lipinski definition) is 0. The molecule has 80 valence electrons. The first-order valence-corrected chi connectivity index (χ1v) is 5.64. The van der Waals surface area contributed by atoms with Crippen LogP contribution in [0.1, 0.15) is 0 Å². The summed E-state index contributed by atoms with van der Waals surface area (Å²) in [4.78, 5) is 12.7. The van der Waals surface area contributed by atoms with Crippen molar-refractivity contribution >= 4 is 16.9 Å². The summed E-state index contributed by atoms with van der Waals surface area (Å²) in [5, 5.41) is 0.0147. The van der Waals surface area contributed by atoms with Gasteiger partial charge in [0.1, 0.15) is 6.10 Å². The molecule has 0 N–H and O–H groups in total. The Morgan fingerprint density at radius 1 is 1.27 bits per heavy atom. The first kappa shape index (κ1) is 10.7. The molecule has 1 aliphatic rings. The Morgan fingerprint density at radius 2 is 2.07 bits per heavy atom. The molecular weight excluding hydrogens is 212 g/mol. The van der Waals surface area contributed by atoms with Crippen molar-refractivity contribution in [1.82, 2.24) is 0 Å². The van der Waals surface area contributed by atoms with Crippen LogP contribution >= 0.6 is 11.8 Å². The van der Waals surface area contributed by atoms with Crippen LogP contribution in [0, 0.1) is 0 Å². The number of benzene rings is 1. The predicted octanol–water partition coefficient (Wildman–Crippen LogP) is 1.72. The van der Waals surface area contributed by atoms with E-state index in [1.54, 1.807) is 0 Å². The molecule has 1 saturated heterocycles. The molecule has 0 amide bonds. The molecule has 3 nitrogen and oxygen atoms in total. The van der Waals surface area contributed by atoms with E-state index in [9.17, 15) is 4.79 Å². The number of hydrogen-bond acceptors (Lipinski definition) is 4. The number of carbonyl (C=O) groups excluding carboxylic acids is 1. The second kappa shape index (κ2) is 5.30. The standard InChI is InChI=1S/C11H12O3S/c12-11(10-8-13-6-7-14-10)15-9-4-2-1-3-5-9/h1-5,10H,6-8H2. The number of thioether (sulfide) groups is 1. The van der Waals surface area contributed by atoms with Crippen molar-refractivity contribution in [2.75, 3.05) is 19.8 Å². The Balaban J connectivity index is 1.91. The van der Waals surface area contributed by atoms with Crippen molar-refractivity contribution < 1.29 is 14.3 Å². The van der Waals surface area contributed by atoms with Gasteiger partial charge in [0.2, 0.25) is 5.12 Å². The second-order valence-electron chi connectivity index (χ2n) is 3.17. The van der Waals surface area contributed by atoms with Gasteiger partial charge in [0.25, 0.3) is 0 Å². The highest BCUT2D eigenvalue weighted by molar-refractivity contribution is 8.13. The molecule has 4 heteroatoms. The Bertz CT molecular complexity index is 320. The Hall–Kier alpha value is -0.840. The van der Waals surface area contributed by atoms with Crippen LogP contribution in [-0.4, -0.2) is 31.0 Å². The maximum absolute atomic E-state index is 11.7. The summed E-state index contributed by atoms with van der Waals surface area (Å²) in [5.41, 5.74) is 0. The normalized spacial score (nSPS) is 21.2. The zero-order chi connectivity index (χ0) is 10.5. The van der Waals surface area contributed by atoms with Gasteiger partial charge in [-0.25, -0.2) is 0 Å². The molecule has 0 aliphatic carbocycles. The maximum atomic E-state index is 11.7. The van der Waals surface area contributed by atoms with Gasteiger partial charge >= 0.3 is 0 Å². The van der Waals surface area contributed by atoms with Crippen LogP contribution < -0.4 is 0 Å². The minimum Gasteiger partial charge on any atom is -0.376 e. The second-order valence-corrected chi connectivity index (χ2v) is 4.25. The molecule has 1 atom stereocenters. The molecule has 0 aromatic heterocycles. The van der Waals surface area contributed by atoms with Gasteiger partial charge in [0, 0.05) is 4.90 Å². The van der Waals surface area contributed by atoms with E-state index >= 15 is 0 Å². The molecule has 1 fully saturated rings. The Morgan fingerprint density at radius 3 is 2.73 bits per heavy atom. The maximum Gasteiger partial charge on any atom is 0.224 e. The molecule has 0 radical (unpaired) electrons. The highest BCUT2D eigenvalue weighted by atomic mass is 32.2. The summed E-state index contributed by atoms with van der Waals surface area (Å²) in [5.74, 6) is 0. The topological polar surface area (TPSA) is 35.5 Å². The van der Waals surface area contributed by atoms with E-state index in [0.29, 0.717) is 19.8 Å². The summed E-state index contributed by atoms with van der Waals surface area (Å²) in [7, 11) is 0. The van der Waals surface area contributed by atoms with Crippen molar-refractivity contribution in [3.05, 3.63) is 30.3 Å². The predicted molar refractivity (Wildman–Crippen MR) is 57.9 cm³/mol. The lowest BCUT2D eigenvalue weighted by atomic mass is 10.4. The molecule has 1 unspecified atom stereocenters. The van der Waals surface area contributed by atoms with Gasteiger partial charge in [0.05, 0.1) is 19.8 Å². The molecule has 2 rings (SSSR count). The molecule has 1 heterocycles. The molecular formula is C11H12O3S. The van der Waals surface area contributed by atoms with Gasteiger partial charge in [-0.2, -0.15) is 0 Å². The van der Waals surface area contributed by atoms with Crippen molar-refractivity contribution in [3.8, 4) is 0 Å². The third-order valence-electron chi connectivity index (χ3n) is 2.04. The molecule has 0 spiro atoms. The fraction of sp³-hybridized carbons (Fsp3) is 0.364. The van der Waals surface area contributed by atoms with E-state index in [1.165, 1.54) is 11.8 Å². The lowest BCUT2D eigenvalue weighted by Crippen LogP contribution is -2.33. The van der Waals surface area contributed by atoms with Crippen molar-refractivity contribution in [2.24, 2.45) is 0 Å². The lowest BCUT2D eigenvalue weighted by molar-refractivity contribution is -0.136. The SMILES string of the molecule is O=C(Sc1ccccc1)C1COCCO1. The van der Waals surface area contributed by atoms with Crippen LogP contribution in [0.2, 0.25) is 0 Å². The van der Waals surface area contributed by atoms with Crippen molar-refractivity contribution in [3.63, 3.8) is 0 Å². The molecule has 0 saturated carbocycles. The quantitative estimate of drug-likeness (QED) is 0.717. The van der Waals surface area contributed by atoms with Gasteiger partial charge in [-0.1, -0.05) is 18.2 Å². The molecule has 1 aromatic carbocycles. The first-order chi connectivity index (χ1) is 7.36. The smallest absolute Gasteiger partial charge is 0.224 e. The number of carbonyl (C=O) groups is 1. The van der Waals surface area contributed by atoms with Crippen molar-refractivity contribution in [1.29, 1.82) is 0 Å². The Labute approximate surface area is 92.8 Å². The van der Waals surface area contributed by atoms with Crippen LogP contribution in [0.3, 0.4) is 0 Å². The molecule has 1 aliphatic heterocycles. The van der Waals surface area contributed by atoms with Gasteiger partial charge in [-0.3, -0.25) is 4.79 Å². The largest absolute Gasteiger partial charge is 0.376 e. The van der Waals surface area contributed by atoms with Gasteiger partial charge < -0.3 is 9.47 Å². The van der Waals surface area contributed by atoms with Gasteiger partial charge in [-0.05, 0) is 23.9 Å². The fourth-order valence-corrected chi connectivity index (χ4v) is 2.09. The zero-order valence-corrected chi connectivity index (χ0v) is 9.03. The van der Waals surface area contributed by atoms with Crippen LogP contribution in [-0.2, 0) is 14.3 Å². The third-order valence-corrected chi connectivity index (χ3v) is 3.01. The Kier molecular flexibility index (Phi) is 3.77. The summed E-state index contributed by atoms with van der Waals surface area (Å²) >= 11 is 1.21. The van der Waals surface area contributed by atoms with Gasteiger partial charge in [-0.15, -0.1) is 0 Å². The summed E-state index contributed by atoms with van der Waals surface area (Å²) < 4.78 is 10.5. The van der Waals surface area contributed by atoms with E-state index < -0.39 is 6.10 Å². The molecule has 15 heavy (non-hydrogen) atoms. The van der Waals surface area contributed by atoms with Crippen molar-refractivity contribution in [2.45, 2.75) is 11.0 Å². The number of rotatable bonds is 2. The number of ether oxygens (including phenoxy) is 2. The van der Waals surface area contributed by atoms with E-state index in [0.717, 1.165) is 4.90 Å². The lowest BCUT2D eigenvalue weighted by Gasteiger charge is -2.21. The minimum absolute atomic E-state index is 0.0147. The first-order valence-electron chi connectivity index (χ1n) is 4.82.